The maximum Gasteiger partial charge on any atom is 0.323 e. The van der Waals surface area contributed by atoms with Gasteiger partial charge in [-0.05, 0) is 36.5 Å². The lowest BCUT2D eigenvalue weighted by molar-refractivity contribution is -0.145. The Balaban J connectivity index is 2.03. The molecule has 0 heterocycles. The van der Waals surface area contributed by atoms with Gasteiger partial charge in [-0.25, -0.2) is 0 Å². The van der Waals surface area contributed by atoms with E-state index in [1.54, 1.807) is 7.11 Å². The number of carbonyl (C=O) groups excluding carboxylic acids is 1. The van der Waals surface area contributed by atoms with E-state index in [0.717, 1.165) is 24.2 Å². The molecular formula is C16H21NO4. The number of carboxylic acid groups (broad SMARTS) is 1. The molecule has 0 saturated heterocycles. The molecule has 2 rings (SSSR count). The Morgan fingerprint density at radius 1 is 1.43 bits per heavy atom. The average Bonchev–Trinajstić information content (AvgIpc) is 3.26. The molecule has 5 nitrogen and oxygen atoms in total. The van der Waals surface area contributed by atoms with Crippen LogP contribution in [-0.4, -0.2) is 42.1 Å². The molecule has 2 unspecified atom stereocenters. The zero-order valence-corrected chi connectivity index (χ0v) is 12.4. The molecule has 114 valence electrons. The minimum Gasteiger partial charge on any atom is -0.497 e. The second-order valence-electron chi connectivity index (χ2n) is 5.38. The first-order chi connectivity index (χ1) is 10.1. The highest BCUT2D eigenvalue weighted by Gasteiger charge is 2.45. The predicted molar refractivity (Wildman–Crippen MR) is 78.3 cm³/mol. The van der Waals surface area contributed by atoms with Crippen LogP contribution in [0.25, 0.3) is 0 Å². The van der Waals surface area contributed by atoms with Gasteiger partial charge in [-0.3, -0.25) is 9.59 Å². The first-order valence-electron chi connectivity index (χ1n) is 7.21. The largest absolute Gasteiger partial charge is 0.497 e. The fourth-order valence-corrected chi connectivity index (χ4v) is 2.64. The maximum atomic E-state index is 12.4. The summed E-state index contributed by atoms with van der Waals surface area (Å²) in [7, 11) is 1.62. The number of benzene rings is 1. The van der Waals surface area contributed by atoms with Gasteiger partial charge in [0.25, 0.3) is 0 Å². The van der Waals surface area contributed by atoms with E-state index in [9.17, 15) is 9.59 Å². The third kappa shape index (κ3) is 3.74. The summed E-state index contributed by atoms with van der Waals surface area (Å²) in [4.78, 5) is 24.7. The summed E-state index contributed by atoms with van der Waals surface area (Å²) < 4.78 is 5.19. The van der Waals surface area contributed by atoms with Crippen molar-refractivity contribution >= 4 is 11.9 Å². The zero-order chi connectivity index (χ0) is 15.4. The van der Waals surface area contributed by atoms with E-state index >= 15 is 0 Å². The third-order valence-electron chi connectivity index (χ3n) is 3.76. The molecule has 1 aromatic rings. The monoisotopic (exact) mass is 291 g/mol. The number of carboxylic acids is 1. The smallest absolute Gasteiger partial charge is 0.323 e. The summed E-state index contributed by atoms with van der Waals surface area (Å²) in [6.45, 7) is 2.22. The van der Waals surface area contributed by atoms with Crippen molar-refractivity contribution in [3.63, 3.8) is 0 Å². The van der Waals surface area contributed by atoms with Crippen LogP contribution in [0.2, 0.25) is 0 Å². The van der Waals surface area contributed by atoms with Crippen molar-refractivity contribution in [2.24, 2.45) is 5.92 Å². The van der Waals surface area contributed by atoms with Gasteiger partial charge in [0.1, 0.15) is 12.3 Å². The summed E-state index contributed by atoms with van der Waals surface area (Å²) >= 11 is 0. The van der Waals surface area contributed by atoms with Crippen LogP contribution in [0.3, 0.4) is 0 Å². The number of nitrogens with zero attached hydrogens (tertiary/aromatic N) is 1. The fourth-order valence-electron chi connectivity index (χ4n) is 2.64. The van der Waals surface area contributed by atoms with Crippen molar-refractivity contribution in [2.75, 3.05) is 20.2 Å². The number of ether oxygens (including phenoxy) is 1. The van der Waals surface area contributed by atoms with Crippen molar-refractivity contribution in [1.82, 2.24) is 4.90 Å². The minimum absolute atomic E-state index is 0.0490. The van der Waals surface area contributed by atoms with E-state index in [1.165, 1.54) is 4.90 Å². The molecule has 0 spiro atoms. The van der Waals surface area contributed by atoms with Crippen LogP contribution in [0.5, 0.6) is 5.75 Å². The van der Waals surface area contributed by atoms with Gasteiger partial charge in [0.15, 0.2) is 0 Å². The Morgan fingerprint density at radius 3 is 2.81 bits per heavy atom. The molecule has 0 aliphatic heterocycles. The van der Waals surface area contributed by atoms with Crippen molar-refractivity contribution in [2.45, 2.75) is 25.7 Å². The SMILES string of the molecule is CCCN(CC(=O)O)C(=O)C1CC1c1cccc(OC)c1. The second-order valence-corrected chi connectivity index (χ2v) is 5.38. The maximum absolute atomic E-state index is 12.4. The van der Waals surface area contributed by atoms with Gasteiger partial charge < -0.3 is 14.7 Å². The van der Waals surface area contributed by atoms with Crippen LogP contribution in [-0.2, 0) is 9.59 Å². The van der Waals surface area contributed by atoms with Crippen molar-refractivity contribution in [3.8, 4) is 5.75 Å². The standard InChI is InChI=1S/C16H21NO4/c1-3-7-17(10-15(18)19)16(20)14-9-13(14)11-5-4-6-12(8-11)21-2/h4-6,8,13-14H,3,7,9-10H2,1-2H3,(H,18,19). The molecule has 1 fully saturated rings. The normalized spacial score (nSPS) is 19.9. The fraction of sp³-hybridized carbons (Fsp3) is 0.500. The van der Waals surface area contributed by atoms with Crippen LogP contribution >= 0.6 is 0 Å². The number of hydrogen-bond acceptors (Lipinski definition) is 3. The molecule has 21 heavy (non-hydrogen) atoms. The molecule has 0 radical (unpaired) electrons. The van der Waals surface area contributed by atoms with Gasteiger partial charge in [0.2, 0.25) is 5.91 Å². The highest BCUT2D eigenvalue weighted by molar-refractivity contribution is 5.86. The summed E-state index contributed by atoms with van der Waals surface area (Å²) in [6, 6.07) is 7.72. The molecule has 1 aliphatic rings. The Hall–Kier alpha value is -2.04. The molecule has 1 amide bonds. The van der Waals surface area contributed by atoms with E-state index in [1.807, 2.05) is 31.2 Å². The molecule has 5 heteroatoms. The van der Waals surface area contributed by atoms with Gasteiger partial charge in [0, 0.05) is 12.5 Å². The highest BCUT2D eigenvalue weighted by atomic mass is 16.5. The van der Waals surface area contributed by atoms with Crippen molar-refractivity contribution in [3.05, 3.63) is 29.8 Å². The summed E-state index contributed by atoms with van der Waals surface area (Å²) in [5.74, 6) is -0.146. The molecule has 1 saturated carbocycles. The van der Waals surface area contributed by atoms with Crippen LogP contribution in [0.15, 0.2) is 24.3 Å². The molecule has 0 bridgehead atoms. The Kier molecular flexibility index (Phi) is 4.83. The summed E-state index contributed by atoms with van der Waals surface area (Å²) in [6.07, 6.45) is 1.54. The van der Waals surface area contributed by atoms with E-state index in [2.05, 4.69) is 0 Å². The second kappa shape index (κ2) is 6.61. The van der Waals surface area contributed by atoms with E-state index in [-0.39, 0.29) is 24.3 Å². The van der Waals surface area contributed by atoms with Crippen LogP contribution < -0.4 is 4.74 Å². The topological polar surface area (TPSA) is 66.8 Å². The molecular weight excluding hydrogens is 270 g/mol. The van der Waals surface area contributed by atoms with E-state index in [4.69, 9.17) is 9.84 Å². The number of methoxy groups -OCH3 is 1. The highest BCUT2D eigenvalue weighted by Crippen LogP contribution is 2.49. The summed E-state index contributed by atoms with van der Waals surface area (Å²) in [5.41, 5.74) is 1.08. The molecule has 0 aromatic heterocycles. The number of hydrogen-bond donors (Lipinski definition) is 1. The van der Waals surface area contributed by atoms with Gasteiger partial charge in [-0.15, -0.1) is 0 Å². The lowest BCUT2D eigenvalue weighted by Gasteiger charge is -2.20. The van der Waals surface area contributed by atoms with E-state index < -0.39 is 5.97 Å². The molecule has 1 aliphatic carbocycles. The van der Waals surface area contributed by atoms with Gasteiger partial charge in [-0.1, -0.05) is 19.1 Å². The molecule has 1 N–H and O–H groups in total. The van der Waals surface area contributed by atoms with Crippen LogP contribution in [0.1, 0.15) is 31.2 Å². The number of amides is 1. The first kappa shape index (κ1) is 15.4. The van der Waals surface area contributed by atoms with Crippen LogP contribution in [0.4, 0.5) is 0 Å². The van der Waals surface area contributed by atoms with Gasteiger partial charge >= 0.3 is 5.97 Å². The average molecular weight is 291 g/mol. The first-order valence-corrected chi connectivity index (χ1v) is 7.21. The Morgan fingerprint density at radius 2 is 2.19 bits per heavy atom. The minimum atomic E-state index is -0.963. The third-order valence-corrected chi connectivity index (χ3v) is 3.76. The lowest BCUT2D eigenvalue weighted by atomic mass is 10.1. The Labute approximate surface area is 124 Å². The van der Waals surface area contributed by atoms with Gasteiger partial charge in [-0.2, -0.15) is 0 Å². The summed E-state index contributed by atoms with van der Waals surface area (Å²) in [5, 5.41) is 8.90. The number of carbonyl (C=O) groups is 2. The zero-order valence-electron chi connectivity index (χ0n) is 12.4. The molecule has 1 aromatic carbocycles. The van der Waals surface area contributed by atoms with Crippen molar-refractivity contribution in [1.29, 1.82) is 0 Å². The lowest BCUT2D eigenvalue weighted by Crippen LogP contribution is -2.37. The van der Waals surface area contributed by atoms with Gasteiger partial charge in [0.05, 0.1) is 7.11 Å². The quantitative estimate of drug-likeness (QED) is 0.835. The predicted octanol–water partition coefficient (Wildman–Crippen LogP) is 2.12. The Bertz CT molecular complexity index is 529. The van der Waals surface area contributed by atoms with Crippen molar-refractivity contribution < 1.29 is 19.4 Å². The number of aliphatic carboxylic acids is 1. The molecule has 2 atom stereocenters. The van der Waals surface area contributed by atoms with E-state index in [0.29, 0.717) is 6.54 Å². The number of rotatable bonds is 7. The van der Waals surface area contributed by atoms with Crippen LogP contribution in [0, 0.1) is 5.92 Å².